The van der Waals surface area contributed by atoms with Gasteiger partial charge in [-0.1, -0.05) is 18.2 Å². The monoisotopic (exact) mass is 294 g/mol. The fourth-order valence-corrected chi connectivity index (χ4v) is 3.05. The Labute approximate surface area is 121 Å². The Balaban J connectivity index is 1.99. The number of hydrogen-bond donors (Lipinski definition) is 0. The number of alkyl halides is 1. The van der Waals surface area contributed by atoms with Gasteiger partial charge in [-0.3, -0.25) is 0 Å². The van der Waals surface area contributed by atoms with E-state index in [2.05, 4.69) is 0 Å². The molecule has 0 radical (unpaired) electrons. The molecule has 0 fully saturated rings. The van der Waals surface area contributed by atoms with Gasteiger partial charge in [-0.2, -0.15) is 0 Å². The summed E-state index contributed by atoms with van der Waals surface area (Å²) in [5.41, 5.74) is 1.15. The van der Waals surface area contributed by atoms with Crippen molar-refractivity contribution in [1.82, 2.24) is 0 Å². The second-order valence-corrected chi connectivity index (χ2v) is 5.32. The Hall–Kier alpha value is -1.61. The Morgan fingerprint density at radius 2 is 1.95 bits per heavy atom. The molecule has 0 aliphatic carbocycles. The van der Waals surface area contributed by atoms with Gasteiger partial charge in [0.15, 0.2) is 0 Å². The Morgan fingerprint density at radius 1 is 1.15 bits per heavy atom. The van der Waals surface area contributed by atoms with Gasteiger partial charge in [0.25, 0.3) is 0 Å². The van der Waals surface area contributed by atoms with E-state index in [-0.39, 0.29) is 11.5 Å². The average Bonchev–Trinajstić information content (AvgIpc) is 2.48. The minimum absolute atomic E-state index is 0.0853. The quantitative estimate of drug-likeness (QED) is 0.722. The van der Waals surface area contributed by atoms with Gasteiger partial charge >= 0.3 is 0 Å². The lowest BCUT2D eigenvalue weighted by molar-refractivity contribution is 0.264. The van der Waals surface area contributed by atoms with E-state index in [0.29, 0.717) is 13.0 Å². The van der Waals surface area contributed by atoms with Crippen molar-refractivity contribution >= 4 is 11.6 Å². The van der Waals surface area contributed by atoms with E-state index in [1.807, 2.05) is 24.3 Å². The van der Waals surface area contributed by atoms with Gasteiger partial charge in [0.05, 0.1) is 12.0 Å². The van der Waals surface area contributed by atoms with Crippen molar-refractivity contribution < 1.29 is 13.5 Å². The highest BCUT2D eigenvalue weighted by atomic mass is 35.5. The fourth-order valence-electron chi connectivity index (χ4n) is 2.62. The maximum atomic E-state index is 13.9. The van der Waals surface area contributed by atoms with Crippen molar-refractivity contribution in [3.8, 4) is 5.75 Å². The van der Waals surface area contributed by atoms with Crippen LogP contribution in [0.1, 0.15) is 28.8 Å². The van der Waals surface area contributed by atoms with E-state index in [1.54, 1.807) is 0 Å². The molecule has 2 aromatic carbocycles. The highest BCUT2D eigenvalue weighted by molar-refractivity contribution is 6.21. The smallest absolute Gasteiger partial charge is 0.128 e. The predicted molar refractivity (Wildman–Crippen MR) is 74.2 cm³/mol. The molecule has 1 nitrogen and oxygen atoms in total. The zero-order chi connectivity index (χ0) is 14.1. The SMILES string of the molecule is Fc1ccc(F)c(C(Cl)C2CCOc3ccccc32)c1. The Kier molecular flexibility index (Phi) is 3.62. The molecule has 3 rings (SSSR count). The summed E-state index contributed by atoms with van der Waals surface area (Å²) < 4.78 is 32.8. The summed E-state index contributed by atoms with van der Waals surface area (Å²) in [5, 5.41) is -0.615. The summed E-state index contributed by atoms with van der Waals surface area (Å²) in [6.45, 7) is 0.530. The van der Waals surface area contributed by atoms with Crippen LogP contribution in [-0.4, -0.2) is 6.61 Å². The van der Waals surface area contributed by atoms with E-state index in [1.165, 1.54) is 6.07 Å². The summed E-state index contributed by atoms with van der Waals surface area (Å²) in [4.78, 5) is 0. The van der Waals surface area contributed by atoms with Crippen LogP contribution in [0.25, 0.3) is 0 Å². The number of fused-ring (bicyclic) bond motifs is 1. The molecule has 0 amide bonds. The number of ether oxygens (including phenoxy) is 1. The lowest BCUT2D eigenvalue weighted by Gasteiger charge is -2.29. The van der Waals surface area contributed by atoms with Gasteiger partial charge in [0.1, 0.15) is 17.4 Å². The number of benzene rings is 2. The van der Waals surface area contributed by atoms with Crippen LogP contribution in [0.5, 0.6) is 5.75 Å². The molecule has 2 atom stereocenters. The van der Waals surface area contributed by atoms with Crippen molar-refractivity contribution in [2.45, 2.75) is 17.7 Å². The summed E-state index contributed by atoms with van der Waals surface area (Å²) in [7, 11) is 0. The molecule has 0 saturated carbocycles. The third kappa shape index (κ3) is 2.38. The zero-order valence-corrected chi connectivity index (χ0v) is 11.4. The first kappa shape index (κ1) is 13.4. The first-order chi connectivity index (χ1) is 9.66. The van der Waals surface area contributed by atoms with Crippen molar-refractivity contribution in [3.05, 3.63) is 65.2 Å². The third-order valence-corrected chi connectivity index (χ3v) is 4.15. The van der Waals surface area contributed by atoms with Gasteiger partial charge in [0, 0.05) is 11.5 Å². The molecule has 0 aromatic heterocycles. The van der Waals surface area contributed by atoms with Crippen molar-refractivity contribution in [3.63, 3.8) is 0 Å². The van der Waals surface area contributed by atoms with E-state index < -0.39 is 17.0 Å². The summed E-state index contributed by atoms with van der Waals surface area (Å²) in [5.74, 6) is -0.271. The third-order valence-electron chi connectivity index (χ3n) is 3.61. The molecular weight excluding hydrogens is 282 g/mol. The molecular formula is C16H13ClF2O. The van der Waals surface area contributed by atoms with Crippen LogP contribution in [0.4, 0.5) is 8.78 Å². The van der Waals surface area contributed by atoms with E-state index >= 15 is 0 Å². The largest absolute Gasteiger partial charge is 0.493 e. The lowest BCUT2D eigenvalue weighted by Crippen LogP contribution is -2.18. The lowest BCUT2D eigenvalue weighted by atomic mass is 9.87. The molecule has 0 N–H and O–H groups in total. The first-order valence-corrected chi connectivity index (χ1v) is 6.91. The maximum absolute atomic E-state index is 13.9. The standard InChI is InChI=1S/C16H13ClF2O/c17-16(13-9-10(18)5-6-14(13)19)12-7-8-20-15-4-2-1-3-11(12)15/h1-6,9,12,16H,7-8H2. The topological polar surface area (TPSA) is 9.23 Å². The Bertz CT molecular complexity index is 630. The van der Waals surface area contributed by atoms with Crippen LogP contribution in [0.15, 0.2) is 42.5 Å². The first-order valence-electron chi connectivity index (χ1n) is 6.47. The molecule has 2 aromatic rings. The summed E-state index contributed by atoms with van der Waals surface area (Å²) >= 11 is 6.43. The van der Waals surface area contributed by atoms with E-state index in [0.717, 1.165) is 23.4 Å². The molecule has 0 saturated heterocycles. The van der Waals surface area contributed by atoms with E-state index in [9.17, 15) is 8.78 Å². The van der Waals surface area contributed by atoms with E-state index in [4.69, 9.17) is 16.3 Å². The molecule has 1 aliphatic rings. The molecule has 1 aliphatic heterocycles. The van der Waals surface area contributed by atoms with Crippen LogP contribution < -0.4 is 4.74 Å². The van der Waals surface area contributed by atoms with Crippen LogP contribution in [0.2, 0.25) is 0 Å². The number of halogens is 3. The van der Waals surface area contributed by atoms with Gasteiger partial charge < -0.3 is 4.74 Å². The molecule has 104 valence electrons. The molecule has 4 heteroatoms. The fraction of sp³-hybridized carbons (Fsp3) is 0.250. The second kappa shape index (κ2) is 5.41. The highest BCUT2D eigenvalue weighted by Gasteiger charge is 2.30. The van der Waals surface area contributed by atoms with Crippen molar-refractivity contribution in [2.75, 3.05) is 6.61 Å². The number of hydrogen-bond acceptors (Lipinski definition) is 1. The Morgan fingerprint density at radius 3 is 2.80 bits per heavy atom. The van der Waals surface area contributed by atoms with Gasteiger partial charge in [-0.15, -0.1) is 11.6 Å². The van der Waals surface area contributed by atoms with Gasteiger partial charge in [0.2, 0.25) is 0 Å². The van der Waals surface area contributed by atoms with Gasteiger partial charge in [-0.05, 0) is 36.2 Å². The van der Waals surface area contributed by atoms with Crippen molar-refractivity contribution in [2.24, 2.45) is 0 Å². The minimum Gasteiger partial charge on any atom is -0.493 e. The highest BCUT2D eigenvalue weighted by Crippen LogP contribution is 2.45. The molecule has 2 unspecified atom stereocenters. The zero-order valence-electron chi connectivity index (χ0n) is 10.7. The number of rotatable bonds is 2. The van der Waals surface area contributed by atoms with Gasteiger partial charge in [-0.25, -0.2) is 8.78 Å². The van der Waals surface area contributed by atoms with Crippen LogP contribution >= 0.6 is 11.6 Å². The van der Waals surface area contributed by atoms with Crippen LogP contribution in [-0.2, 0) is 0 Å². The van der Waals surface area contributed by atoms with Crippen LogP contribution in [0.3, 0.4) is 0 Å². The molecule has 1 heterocycles. The minimum atomic E-state index is -0.615. The summed E-state index contributed by atoms with van der Waals surface area (Å²) in [6.07, 6.45) is 0.682. The predicted octanol–water partition coefficient (Wildman–Crippen LogP) is 4.81. The average molecular weight is 295 g/mol. The molecule has 0 bridgehead atoms. The van der Waals surface area contributed by atoms with Crippen molar-refractivity contribution in [1.29, 1.82) is 0 Å². The maximum Gasteiger partial charge on any atom is 0.128 e. The normalized spacial score (nSPS) is 19.1. The molecule has 20 heavy (non-hydrogen) atoms. The van der Waals surface area contributed by atoms with Crippen LogP contribution in [0, 0.1) is 11.6 Å². The summed E-state index contributed by atoms with van der Waals surface area (Å²) in [6, 6.07) is 11.0. The second-order valence-electron chi connectivity index (χ2n) is 4.85. The number of para-hydroxylation sites is 1. The molecule has 0 spiro atoms.